The molecule has 1 fully saturated rings. The number of pyridine rings is 1. The normalized spacial score (nSPS) is 16.1. The summed E-state index contributed by atoms with van der Waals surface area (Å²) in [6.45, 7) is 8.03. The van der Waals surface area contributed by atoms with Gasteiger partial charge in [-0.3, -0.25) is 4.98 Å². The van der Waals surface area contributed by atoms with Gasteiger partial charge in [-0.15, -0.1) is 0 Å². The summed E-state index contributed by atoms with van der Waals surface area (Å²) in [6.07, 6.45) is 3.27. The molecule has 1 aromatic carbocycles. The van der Waals surface area contributed by atoms with E-state index in [1.165, 1.54) is 28.3 Å². The van der Waals surface area contributed by atoms with Gasteiger partial charge in [0, 0.05) is 48.2 Å². The molecule has 0 atom stereocenters. The molecule has 5 heteroatoms. The first kappa shape index (κ1) is 16.2. The summed E-state index contributed by atoms with van der Waals surface area (Å²) in [4.78, 5) is 6.73. The molecule has 1 aliphatic heterocycles. The van der Waals surface area contributed by atoms with Gasteiger partial charge in [-0.05, 0) is 35.9 Å². The number of nitrogens with zero attached hydrogens (tertiary/aromatic N) is 2. The van der Waals surface area contributed by atoms with Crippen molar-refractivity contribution >= 4 is 26.3 Å². The first-order valence-corrected chi connectivity index (χ1v) is 10.1. The summed E-state index contributed by atoms with van der Waals surface area (Å²) in [5.74, 6) is 0.981. The molecule has 0 radical (unpaired) electrons. The van der Waals surface area contributed by atoms with Gasteiger partial charge in [-0.1, -0.05) is 19.9 Å². The lowest BCUT2D eigenvalue weighted by molar-refractivity contribution is 0.445. The maximum absolute atomic E-state index is 11.4. The van der Waals surface area contributed by atoms with Crippen LogP contribution in [0.5, 0.6) is 0 Å². The Morgan fingerprint density at radius 1 is 1.26 bits per heavy atom. The van der Waals surface area contributed by atoms with Gasteiger partial charge in [-0.25, -0.2) is 8.42 Å². The predicted octanol–water partition coefficient (Wildman–Crippen LogP) is 3.15. The van der Waals surface area contributed by atoms with Crippen molar-refractivity contribution in [3.8, 4) is 0 Å². The van der Waals surface area contributed by atoms with Crippen LogP contribution in [0.4, 0.5) is 5.69 Å². The van der Waals surface area contributed by atoms with E-state index in [1.807, 2.05) is 13.1 Å². The number of sulfone groups is 1. The molecule has 1 aliphatic rings. The molecule has 1 saturated heterocycles. The fraction of sp³-hybridized carbons (Fsp3) is 0.500. The van der Waals surface area contributed by atoms with E-state index in [4.69, 9.17) is 0 Å². The minimum absolute atomic E-state index is 0.239. The van der Waals surface area contributed by atoms with Crippen molar-refractivity contribution < 1.29 is 8.42 Å². The van der Waals surface area contributed by atoms with E-state index in [2.05, 4.69) is 41.9 Å². The monoisotopic (exact) mass is 332 g/mol. The zero-order valence-corrected chi connectivity index (χ0v) is 15.0. The first-order chi connectivity index (χ1) is 10.7. The molecule has 2 heterocycles. The minimum atomic E-state index is -2.89. The fourth-order valence-corrected chi connectivity index (χ4v) is 4.50. The van der Waals surface area contributed by atoms with E-state index >= 15 is 0 Å². The van der Waals surface area contributed by atoms with Gasteiger partial charge in [0.25, 0.3) is 0 Å². The van der Waals surface area contributed by atoms with Crippen LogP contribution in [0.15, 0.2) is 24.4 Å². The lowest BCUT2D eigenvalue weighted by Gasteiger charge is -2.41. The Morgan fingerprint density at radius 2 is 1.96 bits per heavy atom. The second kappa shape index (κ2) is 5.78. The average Bonchev–Trinajstić information content (AvgIpc) is 2.40. The van der Waals surface area contributed by atoms with Gasteiger partial charge in [0.1, 0.15) is 9.84 Å². The van der Waals surface area contributed by atoms with Crippen LogP contribution in [-0.2, 0) is 9.84 Å². The Balaban J connectivity index is 1.93. The van der Waals surface area contributed by atoms with Gasteiger partial charge in [-0.2, -0.15) is 0 Å². The van der Waals surface area contributed by atoms with Crippen LogP contribution in [0.2, 0.25) is 0 Å². The van der Waals surface area contributed by atoms with Crippen LogP contribution in [-0.4, -0.2) is 38.5 Å². The van der Waals surface area contributed by atoms with Crippen molar-refractivity contribution in [3.05, 3.63) is 35.7 Å². The summed E-state index contributed by atoms with van der Waals surface area (Å²) in [6, 6.07) is 6.51. The third-order valence-electron chi connectivity index (χ3n) is 4.51. The molecule has 3 rings (SSSR count). The van der Waals surface area contributed by atoms with Crippen molar-refractivity contribution in [1.29, 1.82) is 0 Å². The van der Waals surface area contributed by atoms with Crippen molar-refractivity contribution in [2.24, 2.45) is 5.92 Å². The molecule has 0 amide bonds. The number of aromatic nitrogens is 1. The summed E-state index contributed by atoms with van der Waals surface area (Å²) in [5, 5.41) is 2.43. The lowest BCUT2D eigenvalue weighted by atomic mass is 9.93. The van der Waals surface area contributed by atoms with Crippen LogP contribution in [0.3, 0.4) is 0 Å². The van der Waals surface area contributed by atoms with Gasteiger partial charge in [0.15, 0.2) is 0 Å². The molecule has 0 unspecified atom stereocenters. The van der Waals surface area contributed by atoms with Crippen LogP contribution in [0.1, 0.15) is 31.0 Å². The quantitative estimate of drug-likeness (QED) is 0.863. The molecule has 4 nitrogen and oxygen atoms in total. The molecule has 1 aromatic heterocycles. The van der Waals surface area contributed by atoms with Crippen LogP contribution >= 0.6 is 0 Å². The molecule has 0 spiro atoms. The standard InChI is InChI=1S/C18H24N2O2S/c1-12(2)15-5-6-18(17-8-19-13(3)7-16(15)17)20-9-14(10-20)11-23(4,21)22/h5-8,12,14H,9-11H2,1-4H3. The number of hydrogen-bond donors (Lipinski definition) is 0. The molecule has 124 valence electrons. The number of rotatable bonds is 4. The minimum Gasteiger partial charge on any atom is -0.370 e. The van der Waals surface area contributed by atoms with Crippen molar-refractivity contribution in [3.63, 3.8) is 0 Å². The van der Waals surface area contributed by atoms with Crippen LogP contribution < -0.4 is 4.90 Å². The molecular formula is C18H24N2O2S. The maximum Gasteiger partial charge on any atom is 0.147 e. The highest BCUT2D eigenvalue weighted by Crippen LogP contribution is 2.36. The summed E-state index contributed by atoms with van der Waals surface area (Å²) in [7, 11) is -2.89. The highest BCUT2D eigenvalue weighted by molar-refractivity contribution is 7.90. The number of hydrogen-bond acceptors (Lipinski definition) is 4. The molecule has 0 bridgehead atoms. The second-order valence-electron chi connectivity index (χ2n) is 7.06. The third kappa shape index (κ3) is 3.34. The zero-order valence-electron chi connectivity index (χ0n) is 14.2. The van der Waals surface area contributed by atoms with Crippen LogP contribution in [0, 0.1) is 12.8 Å². The third-order valence-corrected chi connectivity index (χ3v) is 5.58. The molecule has 0 aliphatic carbocycles. The van der Waals surface area contributed by atoms with Crippen molar-refractivity contribution in [2.45, 2.75) is 26.7 Å². The van der Waals surface area contributed by atoms with Gasteiger partial charge in [0.05, 0.1) is 5.75 Å². The topological polar surface area (TPSA) is 50.3 Å². The van der Waals surface area contributed by atoms with Gasteiger partial charge < -0.3 is 4.90 Å². The molecular weight excluding hydrogens is 308 g/mol. The van der Waals surface area contributed by atoms with Gasteiger partial charge >= 0.3 is 0 Å². The Kier molecular flexibility index (Phi) is 4.08. The van der Waals surface area contributed by atoms with Crippen LogP contribution in [0.25, 0.3) is 10.8 Å². The molecule has 2 aromatic rings. The SMILES string of the molecule is Cc1cc2c(C(C)C)ccc(N3CC(CS(C)(=O)=O)C3)c2cn1. The highest BCUT2D eigenvalue weighted by atomic mass is 32.2. The Hall–Kier alpha value is -1.62. The number of anilines is 1. The maximum atomic E-state index is 11.4. The van der Waals surface area contributed by atoms with E-state index in [0.717, 1.165) is 18.8 Å². The highest BCUT2D eigenvalue weighted by Gasteiger charge is 2.30. The lowest BCUT2D eigenvalue weighted by Crippen LogP contribution is -2.49. The molecule has 0 N–H and O–H groups in total. The summed E-state index contributed by atoms with van der Waals surface area (Å²) < 4.78 is 22.8. The second-order valence-corrected chi connectivity index (χ2v) is 9.25. The largest absolute Gasteiger partial charge is 0.370 e. The van der Waals surface area contributed by atoms with E-state index in [9.17, 15) is 8.42 Å². The van der Waals surface area contributed by atoms with E-state index in [-0.39, 0.29) is 11.7 Å². The number of aryl methyl sites for hydroxylation is 1. The number of benzene rings is 1. The predicted molar refractivity (Wildman–Crippen MR) is 96.0 cm³/mol. The van der Waals surface area contributed by atoms with E-state index in [0.29, 0.717) is 5.92 Å². The summed E-state index contributed by atoms with van der Waals surface area (Å²) >= 11 is 0. The Morgan fingerprint density at radius 3 is 2.57 bits per heavy atom. The smallest absolute Gasteiger partial charge is 0.147 e. The molecule has 0 saturated carbocycles. The van der Waals surface area contributed by atoms with E-state index < -0.39 is 9.84 Å². The van der Waals surface area contributed by atoms with E-state index in [1.54, 1.807) is 0 Å². The Bertz CT molecular complexity index is 837. The first-order valence-electron chi connectivity index (χ1n) is 8.06. The summed E-state index contributed by atoms with van der Waals surface area (Å²) in [5.41, 5.74) is 3.53. The molecule has 23 heavy (non-hydrogen) atoms. The number of fused-ring (bicyclic) bond motifs is 1. The fourth-order valence-electron chi connectivity index (χ4n) is 3.43. The van der Waals surface area contributed by atoms with Crippen molar-refractivity contribution in [1.82, 2.24) is 4.98 Å². The van der Waals surface area contributed by atoms with Gasteiger partial charge in [0.2, 0.25) is 0 Å². The van der Waals surface area contributed by atoms with Crippen molar-refractivity contribution in [2.75, 3.05) is 30.0 Å². The average molecular weight is 332 g/mol. The zero-order chi connectivity index (χ0) is 16.8. The Labute approximate surface area is 138 Å².